The van der Waals surface area contributed by atoms with Gasteiger partial charge in [0.15, 0.2) is 0 Å². The molecule has 0 aliphatic heterocycles. The van der Waals surface area contributed by atoms with Gasteiger partial charge in [-0.1, -0.05) is 18.2 Å². The van der Waals surface area contributed by atoms with Crippen molar-refractivity contribution in [3.8, 4) is 5.75 Å². The molecule has 0 atom stereocenters. The molecular weight excluding hydrogens is 309 g/mol. The summed E-state index contributed by atoms with van der Waals surface area (Å²) >= 11 is 0. The average molecular weight is 324 g/mol. The Morgan fingerprint density at radius 1 is 1.13 bits per heavy atom. The van der Waals surface area contributed by atoms with Crippen molar-refractivity contribution >= 4 is 11.7 Å². The minimum absolute atomic E-state index is 0.0710. The number of halogens is 3. The van der Waals surface area contributed by atoms with Crippen molar-refractivity contribution in [1.82, 2.24) is 4.90 Å². The number of anilines is 1. The van der Waals surface area contributed by atoms with Gasteiger partial charge < -0.3 is 15.3 Å². The first-order valence-corrected chi connectivity index (χ1v) is 6.73. The molecule has 0 saturated heterocycles. The molecule has 122 valence electrons. The first kappa shape index (κ1) is 16.7. The third-order valence-corrected chi connectivity index (χ3v) is 3.21. The number of hydrogen-bond donors (Lipinski definition) is 2. The number of aromatic hydroxyl groups is 1. The van der Waals surface area contributed by atoms with Gasteiger partial charge >= 0.3 is 12.2 Å². The van der Waals surface area contributed by atoms with Crippen LogP contribution in [0.15, 0.2) is 48.5 Å². The summed E-state index contributed by atoms with van der Waals surface area (Å²) in [6.07, 6.45) is -4.41. The molecule has 2 N–H and O–H groups in total. The minimum atomic E-state index is -4.41. The zero-order chi connectivity index (χ0) is 17.0. The molecule has 0 aromatic heterocycles. The van der Waals surface area contributed by atoms with Gasteiger partial charge in [0.05, 0.1) is 12.1 Å². The molecule has 0 fully saturated rings. The maximum absolute atomic E-state index is 12.5. The molecule has 2 rings (SSSR count). The number of nitrogens with zero attached hydrogens (tertiary/aromatic N) is 1. The van der Waals surface area contributed by atoms with E-state index in [1.54, 1.807) is 18.2 Å². The standard InChI is InChI=1S/C16H15F3N2O2/c1-21(10-11-4-2-3-5-14(11)22)15(23)20-13-8-6-12(7-9-13)16(17,18)19/h2-9,22H,10H2,1H3,(H,20,23). The molecule has 0 unspecified atom stereocenters. The maximum Gasteiger partial charge on any atom is 0.416 e. The zero-order valence-electron chi connectivity index (χ0n) is 12.3. The smallest absolute Gasteiger partial charge is 0.416 e. The Morgan fingerprint density at radius 2 is 1.74 bits per heavy atom. The Hall–Kier alpha value is -2.70. The van der Waals surface area contributed by atoms with Crippen LogP contribution in [0, 0.1) is 0 Å². The van der Waals surface area contributed by atoms with Crippen LogP contribution in [0.25, 0.3) is 0 Å². The highest BCUT2D eigenvalue weighted by atomic mass is 19.4. The lowest BCUT2D eigenvalue weighted by atomic mass is 10.2. The molecule has 0 bridgehead atoms. The number of urea groups is 1. The number of carbonyl (C=O) groups excluding carboxylic acids is 1. The van der Waals surface area contributed by atoms with Crippen molar-refractivity contribution < 1.29 is 23.1 Å². The van der Waals surface area contributed by atoms with Gasteiger partial charge in [-0.2, -0.15) is 13.2 Å². The van der Waals surface area contributed by atoms with Gasteiger partial charge in [-0.3, -0.25) is 0 Å². The summed E-state index contributed by atoms with van der Waals surface area (Å²) < 4.78 is 37.4. The second kappa shape index (κ2) is 6.60. The topological polar surface area (TPSA) is 52.6 Å². The fourth-order valence-corrected chi connectivity index (χ4v) is 1.93. The molecule has 2 aromatic carbocycles. The van der Waals surface area contributed by atoms with Crippen molar-refractivity contribution in [3.05, 3.63) is 59.7 Å². The number of hydrogen-bond acceptors (Lipinski definition) is 2. The van der Waals surface area contributed by atoms with Crippen LogP contribution in [0.3, 0.4) is 0 Å². The number of benzene rings is 2. The molecule has 7 heteroatoms. The largest absolute Gasteiger partial charge is 0.508 e. The van der Waals surface area contributed by atoms with Crippen LogP contribution in [0.4, 0.5) is 23.7 Å². The van der Waals surface area contributed by atoms with Crippen LogP contribution in [0.2, 0.25) is 0 Å². The summed E-state index contributed by atoms with van der Waals surface area (Å²) in [5.74, 6) is 0.0710. The second-order valence-electron chi connectivity index (χ2n) is 4.99. The highest BCUT2D eigenvalue weighted by Gasteiger charge is 2.30. The summed E-state index contributed by atoms with van der Waals surface area (Å²) in [4.78, 5) is 13.3. The van der Waals surface area contributed by atoms with Gasteiger partial charge in [0.25, 0.3) is 0 Å². The molecule has 2 amide bonds. The van der Waals surface area contributed by atoms with E-state index in [0.717, 1.165) is 12.1 Å². The Bertz CT molecular complexity index is 684. The van der Waals surface area contributed by atoms with Gasteiger partial charge in [0.2, 0.25) is 0 Å². The van der Waals surface area contributed by atoms with E-state index in [1.165, 1.54) is 30.1 Å². The quantitative estimate of drug-likeness (QED) is 0.894. The Kier molecular flexibility index (Phi) is 4.78. The molecule has 0 radical (unpaired) electrons. The number of amides is 2. The molecule has 0 spiro atoms. The number of rotatable bonds is 3. The van der Waals surface area contributed by atoms with E-state index >= 15 is 0 Å². The lowest BCUT2D eigenvalue weighted by Crippen LogP contribution is -2.30. The SMILES string of the molecule is CN(Cc1ccccc1O)C(=O)Nc1ccc(C(F)(F)F)cc1. The summed E-state index contributed by atoms with van der Waals surface area (Å²) in [5.41, 5.74) is 0.0442. The molecule has 0 heterocycles. The van der Waals surface area contributed by atoms with Crippen LogP contribution in [-0.2, 0) is 12.7 Å². The molecule has 23 heavy (non-hydrogen) atoms. The molecule has 4 nitrogen and oxygen atoms in total. The fourth-order valence-electron chi connectivity index (χ4n) is 1.93. The van der Waals surface area contributed by atoms with E-state index in [-0.39, 0.29) is 18.0 Å². The Labute approximate surface area is 131 Å². The summed E-state index contributed by atoms with van der Waals surface area (Å²) in [5, 5.41) is 12.2. The number of carbonyl (C=O) groups is 1. The highest BCUT2D eigenvalue weighted by molar-refractivity contribution is 5.89. The van der Waals surface area contributed by atoms with Crippen LogP contribution in [-0.4, -0.2) is 23.1 Å². The van der Waals surface area contributed by atoms with E-state index < -0.39 is 17.8 Å². The van der Waals surface area contributed by atoms with Crippen LogP contribution in [0.5, 0.6) is 5.75 Å². The highest BCUT2D eigenvalue weighted by Crippen LogP contribution is 2.29. The molecule has 0 aliphatic carbocycles. The van der Waals surface area contributed by atoms with Crippen molar-refractivity contribution in [3.63, 3.8) is 0 Å². The normalized spacial score (nSPS) is 11.1. The lowest BCUT2D eigenvalue weighted by Gasteiger charge is -2.19. The molecule has 2 aromatic rings. The second-order valence-corrected chi connectivity index (χ2v) is 4.99. The van der Waals surface area contributed by atoms with Crippen LogP contribution in [0.1, 0.15) is 11.1 Å². The number of para-hydroxylation sites is 1. The van der Waals surface area contributed by atoms with E-state index in [4.69, 9.17) is 0 Å². The van der Waals surface area contributed by atoms with Crippen molar-refractivity contribution in [2.45, 2.75) is 12.7 Å². The summed E-state index contributed by atoms with van der Waals surface area (Å²) in [6, 6.07) is 10.3. The van der Waals surface area contributed by atoms with Gasteiger partial charge in [0, 0.05) is 18.3 Å². The van der Waals surface area contributed by atoms with E-state index in [9.17, 15) is 23.1 Å². The van der Waals surface area contributed by atoms with E-state index in [2.05, 4.69) is 5.32 Å². The lowest BCUT2D eigenvalue weighted by molar-refractivity contribution is -0.137. The first-order valence-electron chi connectivity index (χ1n) is 6.73. The number of phenolic OH excluding ortho intramolecular Hbond substituents is 1. The van der Waals surface area contributed by atoms with Crippen molar-refractivity contribution in [2.75, 3.05) is 12.4 Å². The molecule has 0 saturated carbocycles. The predicted octanol–water partition coefficient (Wildman–Crippen LogP) is 4.07. The van der Waals surface area contributed by atoms with E-state index in [1.807, 2.05) is 0 Å². The van der Waals surface area contributed by atoms with Crippen molar-refractivity contribution in [2.24, 2.45) is 0 Å². The number of phenols is 1. The van der Waals surface area contributed by atoms with Crippen LogP contribution >= 0.6 is 0 Å². The molecular formula is C16H15F3N2O2. The Balaban J connectivity index is 2.00. The third kappa shape index (κ3) is 4.38. The Morgan fingerprint density at radius 3 is 2.30 bits per heavy atom. The number of alkyl halides is 3. The van der Waals surface area contributed by atoms with Crippen LogP contribution < -0.4 is 5.32 Å². The minimum Gasteiger partial charge on any atom is -0.508 e. The number of nitrogens with one attached hydrogen (secondary N) is 1. The maximum atomic E-state index is 12.5. The summed E-state index contributed by atoms with van der Waals surface area (Å²) in [7, 11) is 1.52. The monoisotopic (exact) mass is 324 g/mol. The molecule has 0 aliphatic rings. The third-order valence-electron chi connectivity index (χ3n) is 3.21. The van der Waals surface area contributed by atoms with Gasteiger partial charge in [-0.25, -0.2) is 4.79 Å². The first-order chi connectivity index (χ1) is 10.8. The van der Waals surface area contributed by atoms with Gasteiger partial charge in [-0.15, -0.1) is 0 Å². The van der Waals surface area contributed by atoms with Gasteiger partial charge in [-0.05, 0) is 30.3 Å². The van der Waals surface area contributed by atoms with E-state index in [0.29, 0.717) is 5.56 Å². The summed E-state index contributed by atoms with van der Waals surface area (Å²) in [6.45, 7) is 0.166. The predicted molar refractivity (Wildman–Crippen MR) is 80.0 cm³/mol. The van der Waals surface area contributed by atoms with Crippen molar-refractivity contribution in [1.29, 1.82) is 0 Å². The average Bonchev–Trinajstić information content (AvgIpc) is 2.49. The van der Waals surface area contributed by atoms with Gasteiger partial charge in [0.1, 0.15) is 5.75 Å². The zero-order valence-corrected chi connectivity index (χ0v) is 12.3. The fraction of sp³-hybridized carbons (Fsp3) is 0.188.